The highest BCUT2D eigenvalue weighted by Gasteiger charge is 2.18. The van der Waals surface area contributed by atoms with Gasteiger partial charge in [-0.15, -0.1) is 0 Å². The highest BCUT2D eigenvalue weighted by molar-refractivity contribution is 6.30. The van der Waals surface area contributed by atoms with Crippen molar-refractivity contribution in [3.8, 4) is 0 Å². The van der Waals surface area contributed by atoms with Crippen LogP contribution in [0.15, 0.2) is 42.6 Å². The lowest BCUT2D eigenvalue weighted by Crippen LogP contribution is -2.43. The number of amides is 3. The average molecular weight is 349 g/mol. The third-order valence-electron chi connectivity index (χ3n) is 3.20. The number of aromatic nitrogens is 1. The zero-order valence-electron chi connectivity index (χ0n) is 12.9. The van der Waals surface area contributed by atoms with Gasteiger partial charge in [-0.05, 0) is 29.8 Å². The number of halogens is 1. The Hall–Kier alpha value is -2.80. The summed E-state index contributed by atoms with van der Waals surface area (Å²) in [5, 5.41) is 3.26. The molecule has 1 heterocycles. The molecular weight excluding hydrogens is 332 g/mol. The molecule has 2 aromatic rings. The first-order valence-electron chi connectivity index (χ1n) is 7.21. The normalized spacial score (nSPS) is 11.4. The van der Waals surface area contributed by atoms with Crippen molar-refractivity contribution in [3.05, 3.63) is 58.9 Å². The van der Waals surface area contributed by atoms with Gasteiger partial charge in [0.05, 0.1) is 12.5 Å². The third-order valence-corrected chi connectivity index (χ3v) is 3.45. The molecule has 0 saturated carbocycles. The molecule has 0 aliphatic rings. The molecular formula is C16H17ClN4O3. The summed E-state index contributed by atoms with van der Waals surface area (Å²) >= 11 is 5.84. The molecule has 1 unspecified atom stereocenters. The molecule has 1 aromatic heterocycles. The maximum absolute atomic E-state index is 12.0. The Bertz CT molecular complexity index is 713. The van der Waals surface area contributed by atoms with Crippen LogP contribution in [0.1, 0.15) is 35.4 Å². The van der Waals surface area contributed by atoms with Crippen molar-refractivity contribution in [1.29, 1.82) is 0 Å². The van der Waals surface area contributed by atoms with Gasteiger partial charge in [-0.2, -0.15) is 0 Å². The summed E-state index contributed by atoms with van der Waals surface area (Å²) in [6, 6.07) is 9.54. The lowest BCUT2D eigenvalue weighted by atomic mass is 10.0. The Morgan fingerprint density at radius 3 is 2.42 bits per heavy atom. The lowest BCUT2D eigenvalue weighted by Gasteiger charge is -2.18. The van der Waals surface area contributed by atoms with Gasteiger partial charge in [0.25, 0.3) is 5.91 Å². The van der Waals surface area contributed by atoms with Gasteiger partial charge in [0, 0.05) is 18.1 Å². The molecule has 0 bridgehead atoms. The Labute approximate surface area is 143 Å². The molecule has 0 aliphatic heterocycles. The Kier molecular flexibility index (Phi) is 5.97. The molecule has 2 rings (SSSR count). The van der Waals surface area contributed by atoms with Gasteiger partial charge in [-0.1, -0.05) is 23.7 Å². The van der Waals surface area contributed by atoms with Crippen molar-refractivity contribution in [1.82, 2.24) is 21.2 Å². The van der Waals surface area contributed by atoms with Gasteiger partial charge in [-0.25, -0.2) is 0 Å². The maximum atomic E-state index is 12.0. The summed E-state index contributed by atoms with van der Waals surface area (Å²) in [4.78, 5) is 37.9. The first-order chi connectivity index (χ1) is 11.5. The largest absolute Gasteiger partial charge is 0.357 e. The number of rotatable bonds is 5. The van der Waals surface area contributed by atoms with Crippen LogP contribution in [0.3, 0.4) is 0 Å². The number of nitrogens with one attached hydrogen (secondary N) is 4. The Morgan fingerprint density at radius 1 is 1.12 bits per heavy atom. The van der Waals surface area contributed by atoms with Crippen molar-refractivity contribution >= 4 is 29.3 Å². The molecule has 8 heteroatoms. The van der Waals surface area contributed by atoms with Crippen LogP contribution in [0.2, 0.25) is 5.02 Å². The Balaban J connectivity index is 1.95. The van der Waals surface area contributed by atoms with Gasteiger partial charge in [0.15, 0.2) is 0 Å². The SMILES string of the molecule is CC(=O)NC(CC(=O)NNC(=O)c1ccc[nH]1)c1ccc(Cl)cc1. The fraction of sp³-hybridized carbons (Fsp3) is 0.188. The second-order valence-corrected chi connectivity index (χ2v) is 5.53. The van der Waals surface area contributed by atoms with Gasteiger partial charge >= 0.3 is 0 Å². The highest BCUT2D eigenvalue weighted by Crippen LogP contribution is 2.19. The van der Waals surface area contributed by atoms with Crippen molar-refractivity contribution in [2.45, 2.75) is 19.4 Å². The minimum atomic E-state index is -0.526. The average Bonchev–Trinajstić information content (AvgIpc) is 3.07. The summed E-state index contributed by atoms with van der Waals surface area (Å²) in [7, 11) is 0. The number of hydrazine groups is 1. The van der Waals surface area contributed by atoms with Crippen LogP contribution >= 0.6 is 11.6 Å². The monoisotopic (exact) mass is 348 g/mol. The first kappa shape index (κ1) is 17.6. The van der Waals surface area contributed by atoms with Crippen LogP contribution in [0.4, 0.5) is 0 Å². The molecule has 0 aliphatic carbocycles. The molecule has 0 saturated heterocycles. The zero-order chi connectivity index (χ0) is 17.5. The third kappa shape index (κ3) is 5.13. The Morgan fingerprint density at radius 2 is 1.83 bits per heavy atom. The lowest BCUT2D eigenvalue weighted by molar-refractivity contribution is -0.123. The molecule has 0 fully saturated rings. The predicted molar refractivity (Wildman–Crippen MR) is 89.0 cm³/mol. The maximum Gasteiger partial charge on any atom is 0.286 e. The number of carbonyl (C=O) groups is 3. The highest BCUT2D eigenvalue weighted by atomic mass is 35.5. The van der Waals surface area contributed by atoms with Crippen molar-refractivity contribution in [3.63, 3.8) is 0 Å². The minimum absolute atomic E-state index is 0.0355. The van der Waals surface area contributed by atoms with E-state index in [1.165, 1.54) is 6.92 Å². The minimum Gasteiger partial charge on any atom is -0.357 e. The van der Waals surface area contributed by atoms with E-state index in [0.29, 0.717) is 10.7 Å². The second kappa shape index (κ2) is 8.16. The molecule has 0 radical (unpaired) electrons. The number of aromatic amines is 1. The van der Waals surface area contributed by atoms with E-state index in [2.05, 4.69) is 21.2 Å². The number of hydrogen-bond acceptors (Lipinski definition) is 3. The summed E-state index contributed by atoms with van der Waals surface area (Å²) in [5.41, 5.74) is 5.68. The van der Waals surface area contributed by atoms with Crippen LogP contribution in [-0.2, 0) is 9.59 Å². The van der Waals surface area contributed by atoms with Crippen molar-refractivity contribution in [2.24, 2.45) is 0 Å². The smallest absolute Gasteiger partial charge is 0.286 e. The van der Waals surface area contributed by atoms with Gasteiger partial charge < -0.3 is 10.3 Å². The summed E-state index contributed by atoms with van der Waals surface area (Å²) in [5.74, 6) is -1.17. The van der Waals surface area contributed by atoms with Crippen LogP contribution in [0.25, 0.3) is 0 Å². The summed E-state index contributed by atoms with van der Waals surface area (Å²) in [6.45, 7) is 1.37. The fourth-order valence-electron chi connectivity index (χ4n) is 2.09. The van der Waals surface area contributed by atoms with E-state index >= 15 is 0 Å². The van der Waals surface area contributed by atoms with Crippen molar-refractivity contribution in [2.75, 3.05) is 0 Å². The van der Waals surface area contributed by atoms with Crippen LogP contribution in [0, 0.1) is 0 Å². The standard InChI is InChI=1S/C16H17ClN4O3/c1-10(22)19-14(11-4-6-12(17)7-5-11)9-15(23)20-21-16(24)13-3-2-8-18-13/h2-8,14,18H,9H2,1H3,(H,19,22)(H,20,23)(H,21,24). The molecule has 0 spiro atoms. The van der Waals surface area contributed by atoms with Gasteiger partial charge in [0.1, 0.15) is 5.69 Å². The zero-order valence-corrected chi connectivity index (χ0v) is 13.7. The van der Waals surface area contributed by atoms with E-state index < -0.39 is 17.9 Å². The number of H-pyrrole nitrogens is 1. The van der Waals surface area contributed by atoms with Crippen molar-refractivity contribution < 1.29 is 14.4 Å². The second-order valence-electron chi connectivity index (χ2n) is 5.09. The number of carbonyl (C=O) groups excluding carboxylic acids is 3. The van der Waals surface area contributed by atoms with Crippen LogP contribution in [-0.4, -0.2) is 22.7 Å². The van der Waals surface area contributed by atoms with Gasteiger partial charge in [-0.3, -0.25) is 25.2 Å². The first-order valence-corrected chi connectivity index (χ1v) is 7.58. The quantitative estimate of drug-likeness (QED) is 0.618. The summed E-state index contributed by atoms with van der Waals surface area (Å²) < 4.78 is 0. The number of hydrogen-bond donors (Lipinski definition) is 4. The fourth-order valence-corrected chi connectivity index (χ4v) is 2.22. The van der Waals surface area contributed by atoms with Crippen LogP contribution < -0.4 is 16.2 Å². The van der Waals surface area contributed by atoms with E-state index in [1.54, 1.807) is 42.6 Å². The predicted octanol–water partition coefficient (Wildman–Crippen LogP) is 1.70. The molecule has 24 heavy (non-hydrogen) atoms. The summed E-state index contributed by atoms with van der Waals surface area (Å²) in [6.07, 6.45) is 1.57. The molecule has 1 atom stereocenters. The molecule has 7 nitrogen and oxygen atoms in total. The van der Waals surface area contributed by atoms with Crippen LogP contribution in [0.5, 0.6) is 0 Å². The van der Waals surface area contributed by atoms with E-state index in [4.69, 9.17) is 11.6 Å². The van der Waals surface area contributed by atoms with E-state index in [1.807, 2.05) is 0 Å². The molecule has 126 valence electrons. The van der Waals surface area contributed by atoms with E-state index in [9.17, 15) is 14.4 Å². The molecule has 1 aromatic carbocycles. The van der Waals surface area contributed by atoms with E-state index in [0.717, 1.165) is 5.56 Å². The van der Waals surface area contributed by atoms with Gasteiger partial charge in [0.2, 0.25) is 11.8 Å². The molecule has 4 N–H and O–H groups in total. The number of benzene rings is 1. The topological polar surface area (TPSA) is 103 Å². The molecule has 3 amide bonds. The van der Waals surface area contributed by atoms with E-state index in [-0.39, 0.29) is 12.3 Å².